The van der Waals surface area contributed by atoms with E-state index in [0.717, 1.165) is 0 Å². The van der Waals surface area contributed by atoms with Gasteiger partial charge in [-0.3, -0.25) is 0 Å². The standard InChI is InChI=1S/C6H7NO2/c1-3-4-9-6(8)5-7-2/h3H,1,4-5H2. The molecule has 0 unspecified atom stereocenters. The summed E-state index contributed by atoms with van der Waals surface area (Å²) < 4.78 is 4.46. The first kappa shape index (κ1) is 7.70. The minimum absolute atomic E-state index is 0.189. The second kappa shape index (κ2) is 4.85. The maximum Gasteiger partial charge on any atom is 0.387 e. The second-order valence-electron chi connectivity index (χ2n) is 1.29. The topological polar surface area (TPSA) is 30.7 Å². The molecule has 3 heteroatoms. The zero-order chi connectivity index (χ0) is 7.11. The zero-order valence-corrected chi connectivity index (χ0v) is 4.96. The molecule has 9 heavy (non-hydrogen) atoms. The Bertz CT molecular complexity index is 146. The Morgan fingerprint density at radius 3 is 3.00 bits per heavy atom. The molecule has 0 amide bonds. The van der Waals surface area contributed by atoms with Gasteiger partial charge in [-0.15, -0.1) is 0 Å². The van der Waals surface area contributed by atoms with E-state index < -0.39 is 5.97 Å². The van der Waals surface area contributed by atoms with E-state index in [0.29, 0.717) is 0 Å². The van der Waals surface area contributed by atoms with Crippen LogP contribution in [0.3, 0.4) is 0 Å². The summed E-state index contributed by atoms with van der Waals surface area (Å²) in [6.07, 6.45) is 1.46. The van der Waals surface area contributed by atoms with Gasteiger partial charge < -0.3 is 9.58 Å². The predicted molar refractivity (Wildman–Crippen MR) is 32.6 cm³/mol. The summed E-state index contributed by atoms with van der Waals surface area (Å²) in [7, 11) is 0. The number of ether oxygens (including phenoxy) is 1. The smallest absolute Gasteiger partial charge is 0.387 e. The van der Waals surface area contributed by atoms with Crippen LogP contribution in [0.4, 0.5) is 0 Å². The number of carbonyl (C=O) groups is 1. The molecule has 3 nitrogen and oxygen atoms in total. The molecule has 0 spiro atoms. The van der Waals surface area contributed by atoms with Gasteiger partial charge in [0.2, 0.25) is 0 Å². The Morgan fingerprint density at radius 1 is 1.89 bits per heavy atom. The molecule has 48 valence electrons. The van der Waals surface area contributed by atoms with Crippen molar-refractivity contribution in [2.45, 2.75) is 0 Å². The van der Waals surface area contributed by atoms with E-state index in [2.05, 4.69) is 16.2 Å². The van der Waals surface area contributed by atoms with Crippen LogP contribution in [0.25, 0.3) is 4.85 Å². The average Bonchev–Trinajstić information content (AvgIpc) is 1.85. The molecule has 0 aliphatic rings. The van der Waals surface area contributed by atoms with Gasteiger partial charge in [0.1, 0.15) is 6.61 Å². The molecule has 0 bridgehead atoms. The summed E-state index contributed by atoms with van der Waals surface area (Å²) in [5, 5.41) is 0. The Hall–Kier alpha value is -1.30. The van der Waals surface area contributed by atoms with Crippen molar-refractivity contribution < 1.29 is 9.53 Å². The quantitative estimate of drug-likeness (QED) is 0.315. The molecule has 0 aromatic rings. The second-order valence-corrected chi connectivity index (χ2v) is 1.29. The van der Waals surface area contributed by atoms with Crippen molar-refractivity contribution in [2.24, 2.45) is 0 Å². The number of esters is 1. The molecule has 0 aromatic carbocycles. The van der Waals surface area contributed by atoms with Crippen LogP contribution in [0.15, 0.2) is 12.7 Å². The minimum Gasteiger partial charge on any atom is -0.456 e. The first-order valence-electron chi connectivity index (χ1n) is 2.41. The fourth-order valence-corrected chi connectivity index (χ4v) is 0.262. The zero-order valence-electron chi connectivity index (χ0n) is 4.96. The molecule has 0 aliphatic heterocycles. The third-order valence-corrected chi connectivity index (χ3v) is 0.570. The van der Waals surface area contributed by atoms with Crippen LogP contribution in [-0.2, 0) is 9.53 Å². The van der Waals surface area contributed by atoms with Crippen LogP contribution >= 0.6 is 0 Å². The number of carbonyl (C=O) groups excluding carboxylic acids is 1. The monoisotopic (exact) mass is 125 g/mol. The Morgan fingerprint density at radius 2 is 2.56 bits per heavy atom. The molecular formula is C6H7NO2. The Balaban J connectivity index is 3.29. The fourth-order valence-electron chi connectivity index (χ4n) is 0.262. The summed E-state index contributed by atoms with van der Waals surface area (Å²) in [4.78, 5) is 13.1. The van der Waals surface area contributed by atoms with E-state index >= 15 is 0 Å². The van der Waals surface area contributed by atoms with Gasteiger partial charge in [0.25, 0.3) is 0 Å². The molecule has 0 saturated heterocycles. The van der Waals surface area contributed by atoms with Crippen LogP contribution in [0, 0.1) is 6.57 Å². The van der Waals surface area contributed by atoms with Crippen LogP contribution in [-0.4, -0.2) is 19.1 Å². The van der Waals surface area contributed by atoms with Crippen LogP contribution < -0.4 is 0 Å². The van der Waals surface area contributed by atoms with E-state index in [1.54, 1.807) is 0 Å². The highest BCUT2D eigenvalue weighted by Gasteiger charge is 2.01. The van der Waals surface area contributed by atoms with Crippen LogP contribution in [0.1, 0.15) is 0 Å². The van der Waals surface area contributed by atoms with Gasteiger partial charge in [-0.25, -0.2) is 11.4 Å². The van der Waals surface area contributed by atoms with Crippen molar-refractivity contribution in [3.05, 3.63) is 24.1 Å². The van der Waals surface area contributed by atoms with Crippen molar-refractivity contribution in [1.82, 2.24) is 0 Å². The number of rotatable bonds is 3. The summed E-state index contributed by atoms with van der Waals surface area (Å²) in [5.74, 6) is -0.495. The average molecular weight is 125 g/mol. The minimum atomic E-state index is -0.495. The molecule has 0 rings (SSSR count). The Kier molecular flexibility index (Phi) is 4.15. The first-order valence-corrected chi connectivity index (χ1v) is 2.41. The molecule has 0 fully saturated rings. The lowest BCUT2D eigenvalue weighted by Gasteiger charge is -1.92. The van der Waals surface area contributed by atoms with Gasteiger partial charge in [-0.1, -0.05) is 12.7 Å². The summed E-state index contributed by atoms with van der Waals surface area (Å²) >= 11 is 0. The normalized spacial score (nSPS) is 7.44. The van der Waals surface area contributed by atoms with Gasteiger partial charge in [-0.05, 0) is 0 Å². The van der Waals surface area contributed by atoms with Crippen LogP contribution in [0.5, 0.6) is 0 Å². The maximum atomic E-state index is 10.3. The lowest BCUT2D eigenvalue weighted by Crippen LogP contribution is -2.06. The summed E-state index contributed by atoms with van der Waals surface area (Å²) in [5.41, 5.74) is 0. The fraction of sp³-hybridized carbons (Fsp3) is 0.333. The highest BCUT2D eigenvalue weighted by Crippen LogP contribution is 1.78. The van der Waals surface area contributed by atoms with Gasteiger partial charge in [-0.2, -0.15) is 0 Å². The van der Waals surface area contributed by atoms with Crippen molar-refractivity contribution in [3.63, 3.8) is 0 Å². The molecule has 0 heterocycles. The highest BCUT2D eigenvalue weighted by molar-refractivity contribution is 5.73. The molecule has 0 aromatic heterocycles. The van der Waals surface area contributed by atoms with Gasteiger partial charge >= 0.3 is 12.5 Å². The van der Waals surface area contributed by atoms with Gasteiger partial charge in [0.15, 0.2) is 0 Å². The van der Waals surface area contributed by atoms with Gasteiger partial charge in [0.05, 0.1) is 0 Å². The number of hydrogen-bond acceptors (Lipinski definition) is 2. The largest absolute Gasteiger partial charge is 0.456 e. The molecule has 0 atom stereocenters. The van der Waals surface area contributed by atoms with Crippen molar-refractivity contribution in [1.29, 1.82) is 0 Å². The van der Waals surface area contributed by atoms with E-state index in [9.17, 15) is 4.79 Å². The SMILES string of the molecule is [C-]#[N+]CC(=O)OCC=C. The Labute approximate surface area is 53.8 Å². The number of nitrogens with zero attached hydrogens (tertiary/aromatic N) is 1. The lowest BCUT2D eigenvalue weighted by atomic mass is 10.6. The van der Waals surface area contributed by atoms with Gasteiger partial charge in [0, 0.05) is 0 Å². The summed E-state index contributed by atoms with van der Waals surface area (Å²) in [6, 6.07) is 0. The van der Waals surface area contributed by atoms with E-state index in [1.165, 1.54) is 6.08 Å². The lowest BCUT2D eigenvalue weighted by molar-refractivity contribution is -0.139. The third-order valence-electron chi connectivity index (χ3n) is 0.570. The molecule has 0 saturated carbocycles. The van der Waals surface area contributed by atoms with E-state index in [4.69, 9.17) is 6.57 Å². The van der Waals surface area contributed by atoms with E-state index in [1.807, 2.05) is 0 Å². The maximum absolute atomic E-state index is 10.3. The van der Waals surface area contributed by atoms with E-state index in [-0.39, 0.29) is 13.2 Å². The summed E-state index contributed by atoms with van der Waals surface area (Å²) in [6.45, 7) is 9.59. The predicted octanol–water partition coefficient (Wildman–Crippen LogP) is 0.635. The molecular weight excluding hydrogens is 118 g/mol. The molecule has 0 radical (unpaired) electrons. The van der Waals surface area contributed by atoms with Crippen molar-refractivity contribution >= 4 is 5.97 Å². The van der Waals surface area contributed by atoms with Crippen LogP contribution in [0.2, 0.25) is 0 Å². The highest BCUT2D eigenvalue weighted by atomic mass is 16.5. The third kappa shape index (κ3) is 4.56. The number of hydrogen-bond donors (Lipinski definition) is 0. The molecule has 0 N–H and O–H groups in total. The van der Waals surface area contributed by atoms with Crippen molar-refractivity contribution in [2.75, 3.05) is 13.2 Å². The van der Waals surface area contributed by atoms with Crippen molar-refractivity contribution in [3.8, 4) is 0 Å². The first-order chi connectivity index (χ1) is 4.31. The molecule has 0 aliphatic carbocycles.